The van der Waals surface area contributed by atoms with E-state index in [9.17, 15) is 4.79 Å². The van der Waals surface area contributed by atoms with E-state index in [2.05, 4.69) is 6.92 Å². The molecule has 4 aliphatic heterocycles. The van der Waals surface area contributed by atoms with Crippen LogP contribution in [0.4, 0.5) is 0 Å². The Labute approximate surface area is 188 Å². The summed E-state index contributed by atoms with van der Waals surface area (Å²) in [6.45, 7) is 6.19. The van der Waals surface area contributed by atoms with Crippen LogP contribution in [0.1, 0.15) is 56.8 Å². The first-order chi connectivity index (χ1) is 15.3. The smallest absolute Gasteiger partial charge is 0.344 e. The molecule has 8 nitrogen and oxygen atoms in total. The molecular formula is C24H32O8. The Bertz CT molecular complexity index is 889. The van der Waals surface area contributed by atoms with E-state index in [-0.39, 0.29) is 17.8 Å². The van der Waals surface area contributed by atoms with Crippen molar-refractivity contribution in [3.05, 3.63) is 23.8 Å². The maximum Gasteiger partial charge on any atom is 0.344 e. The first-order valence-corrected chi connectivity index (χ1v) is 11.4. The molecule has 8 heteroatoms. The number of carbonyl (C=O) groups is 1. The first-order valence-electron chi connectivity index (χ1n) is 11.4. The van der Waals surface area contributed by atoms with Crippen LogP contribution in [0.15, 0.2) is 18.2 Å². The topological polar surface area (TPSA) is 81.7 Å². The second kappa shape index (κ2) is 7.87. The molecule has 0 radical (unpaired) electrons. The lowest BCUT2D eigenvalue weighted by atomic mass is 9.58. The molecule has 0 unspecified atom stereocenters. The minimum absolute atomic E-state index is 0.0839. The highest BCUT2D eigenvalue weighted by Crippen LogP contribution is 2.60. The average molecular weight is 449 g/mol. The minimum Gasteiger partial charge on any atom is -0.497 e. The van der Waals surface area contributed by atoms with Crippen LogP contribution >= 0.6 is 0 Å². The third-order valence-electron chi connectivity index (χ3n) is 7.95. The van der Waals surface area contributed by atoms with Crippen molar-refractivity contribution < 1.29 is 38.3 Å². The summed E-state index contributed by atoms with van der Waals surface area (Å²) in [7, 11) is 3.07. The van der Waals surface area contributed by atoms with Crippen LogP contribution in [0.2, 0.25) is 0 Å². The molecule has 1 aromatic rings. The summed E-state index contributed by atoms with van der Waals surface area (Å²) in [5.74, 6) is 0.320. The zero-order valence-corrected chi connectivity index (χ0v) is 19.3. The monoisotopic (exact) mass is 448 g/mol. The van der Waals surface area contributed by atoms with Crippen molar-refractivity contribution >= 4 is 5.97 Å². The van der Waals surface area contributed by atoms with Crippen LogP contribution in [-0.2, 0) is 24.0 Å². The first kappa shape index (κ1) is 21.9. The molecule has 1 saturated carbocycles. The number of ether oxygens (including phenoxy) is 5. The molecule has 8 atom stereocenters. The standard InChI is InChI=1S/C24H32O8/c1-13-6-9-18-14(2)21(28-20(25)16-8-7-15(26-4)12-19(16)27-5)29-22-24(18)17(13)10-11-23(3,30-22)31-32-24/h7-8,12-14,17-18,21-22H,6,9-11H2,1-5H3/t13-,14-,17+,18+,21-,22-,23+,24-/m1/s1. The molecule has 4 heterocycles. The highest BCUT2D eigenvalue weighted by molar-refractivity contribution is 5.92. The summed E-state index contributed by atoms with van der Waals surface area (Å²) in [4.78, 5) is 25.1. The van der Waals surface area contributed by atoms with Gasteiger partial charge < -0.3 is 23.7 Å². The second-order valence-electron chi connectivity index (χ2n) is 9.75. The quantitative estimate of drug-likeness (QED) is 0.504. The highest BCUT2D eigenvalue weighted by atomic mass is 17.3. The fourth-order valence-electron chi connectivity index (χ4n) is 6.14. The van der Waals surface area contributed by atoms with Crippen LogP contribution in [-0.4, -0.2) is 44.2 Å². The largest absolute Gasteiger partial charge is 0.497 e. The number of carbonyl (C=O) groups excluding carboxylic acids is 1. The number of fused-ring (bicyclic) bond motifs is 2. The number of hydrogen-bond donors (Lipinski definition) is 0. The van der Waals surface area contributed by atoms with Crippen molar-refractivity contribution in [1.29, 1.82) is 0 Å². The van der Waals surface area contributed by atoms with Crippen molar-refractivity contribution in [1.82, 2.24) is 0 Å². The van der Waals surface area contributed by atoms with E-state index in [4.69, 9.17) is 33.5 Å². The normalized spacial score (nSPS) is 42.5. The van der Waals surface area contributed by atoms with E-state index in [0.29, 0.717) is 23.0 Å². The zero-order chi connectivity index (χ0) is 22.7. The SMILES string of the molecule is COc1ccc(C(=O)O[C@@H]2O[C@@H]3O[C@]4(C)CC[C@H]5[C@H](C)CC[C@@H]([C@H]2C)[C@@]35OO4)c(OC)c1. The van der Waals surface area contributed by atoms with Crippen molar-refractivity contribution in [3.63, 3.8) is 0 Å². The van der Waals surface area contributed by atoms with Gasteiger partial charge in [-0.05, 0) is 50.2 Å². The Hall–Kier alpha value is -1.87. The molecule has 4 saturated heterocycles. The lowest BCUT2D eigenvalue weighted by Gasteiger charge is -2.59. The highest BCUT2D eigenvalue weighted by Gasteiger charge is 2.69. The zero-order valence-electron chi connectivity index (χ0n) is 19.3. The van der Waals surface area contributed by atoms with Crippen LogP contribution < -0.4 is 9.47 Å². The second-order valence-corrected chi connectivity index (χ2v) is 9.75. The average Bonchev–Trinajstić information content (AvgIpc) is 3.02. The molecule has 2 bridgehead atoms. The van der Waals surface area contributed by atoms with E-state index in [1.807, 2.05) is 13.8 Å². The molecule has 0 aromatic heterocycles. The van der Waals surface area contributed by atoms with E-state index in [1.165, 1.54) is 7.11 Å². The Morgan fingerprint density at radius 1 is 1.06 bits per heavy atom. The molecule has 0 N–H and O–H groups in total. The predicted octanol–water partition coefficient (Wildman–Crippen LogP) is 4.07. The third-order valence-corrected chi connectivity index (χ3v) is 7.95. The fraction of sp³-hybridized carbons (Fsp3) is 0.708. The maximum atomic E-state index is 13.1. The van der Waals surface area contributed by atoms with E-state index < -0.39 is 29.9 Å². The van der Waals surface area contributed by atoms with Gasteiger partial charge >= 0.3 is 5.97 Å². The van der Waals surface area contributed by atoms with Crippen LogP contribution in [0.3, 0.4) is 0 Å². The van der Waals surface area contributed by atoms with Crippen LogP contribution in [0.5, 0.6) is 11.5 Å². The van der Waals surface area contributed by atoms with Gasteiger partial charge in [0.15, 0.2) is 11.9 Å². The molecule has 6 rings (SSSR count). The van der Waals surface area contributed by atoms with E-state index in [0.717, 1.165) is 25.7 Å². The van der Waals surface area contributed by atoms with Crippen molar-refractivity contribution in [2.45, 2.75) is 70.4 Å². The number of methoxy groups -OCH3 is 2. The fourth-order valence-corrected chi connectivity index (χ4v) is 6.14. The van der Waals surface area contributed by atoms with Gasteiger partial charge in [-0.25, -0.2) is 14.6 Å². The third kappa shape index (κ3) is 3.22. The lowest BCUT2D eigenvalue weighted by molar-refractivity contribution is -0.576. The van der Waals surface area contributed by atoms with Crippen LogP contribution in [0.25, 0.3) is 0 Å². The molecule has 0 amide bonds. The molecule has 5 aliphatic rings. The van der Waals surface area contributed by atoms with E-state index in [1.54, 1.807) is 25.3 Å². The molecule has 1 aliphatic carbocycles. The maximum absolute atomic E-state index is 13.1. The number of hydrogen-bond acceptors (Lipinski definition) is 8. The molecule has 1 spiro atoms. The molecule has 32 heavy (non-hydrogen) atoms. The summed E-state index contributed by atoms with van der Waals surface area (Å²) >= 11 is 0. The summed E-state index contributed by atoms with van der Waals surface area (Å²) in [6, 6.07) is 4.99. The van der Waals surface area contributed by atoms with Gasteiger partial charge in [-0.15, -0.1) is 0 Å². The Morgan fingerprint density at radius 2 is 1.88 bits per heavy atom. The molecular weight excluding hydrogens is 416 g/mol. The summed E-state index contributed by atoms with van der Waals surface area (Å²) in [6.07, 6.45) is 2.28. The number of benzene rings is 1. The Kier molecular flexibility index (Phi) is 5.40. The Balaban J connectivity index is 1.43. The lowest BCUT2D eigenvalue weighted by Crippen LogP contribution is -2.70. The number of esters is 1. The number of rotatable bonds is 4. The van der Waals surface area contributed by atoms with E-state index >= 15 is 0 Å². The summed E-state index contributed by atoms with van der Waals surface area (Å²) in [5, 5.41) is 0. The van der Waals surface area contributed by atoms with Crippen LogP contribution in [0, 0.1) is 23.7 Å². The molecule has 176 valence electrons. The summed E-state index contributed by atoms with van der Waals surface area (Å²) < 4.78 is 29.1. The van der Waals surface area contributed by atoms with Gasteiger partial charge in [0.1, 0.15) is 17.1 Å². The minimum atomic E-state index is -0.869. The van der Waals surface area contributed by atoms with Crippen molar-refractivity contribution in [3.8, 4) is 11.5 Å². The molecule has 1 aromatic carbocycles. The van der Waals surface area contributed by atoms with Gasteiger partial charge in [0.05, 0.1) is 14.2 Å². The van der Waals surface area contributed by atoms with Gasteiger partial charge in [0, 0.05) is 24.3 Å². The van der Waals surface area contributed by atoms with Gasteiger partial charge in [0.2, 0.25) is 12.1 Å². The van der Waals surface area contributed by atoms with Gasteiger partial charge in [-0.1, -0.05) is 13.8 Å². The van der Waals surface area contributed by atoms with Crippen molar-refractivity contribution in [2.24, 2.45) is 23.7 Å². The van der Waals surface area contributed by atoms with Gasteiger partial charge in [0.25, 0.3) is 0 Å². The van der Waals surface area contributed by atoms with Gasteiger partial charge in [-0.2, -0.15) is 0 Å². The van der Waals surface area contributed by atoms with Gasteiger partial charge in [-0.3, -0.25) is 0 Å². The molecule has 5 fully saturated rings. The van der Waals surface area contributed by atoms with Crippen molar-refractivity contribution in [2.75, 3.05) is 14.2 Å². The summed E-state index contributed by atoms with van der Waals surface area (Å²) in [5.41, 5.74) is -0.372. The predicted molar refractivity (Wildman–Crippen MR) is 112 cm³/mol. The Morgan fingerprint density at radius 3 is 2.62 bits per heavy atom.